The molecule has 20 heavy (non-hydrogen) atoms. The molecule has 1 fully saturated rings. The fraction of sp³-hybridized carbons (Fsp3) is 0.706. The second-order valence-electron chi connectivity index (χ2n) is 6.05. The molecule has 1 aliphatic heterocycles. The highest BCUT2D eigenvalue weighted by Gasteiger charge is 2.31. The van der Waals surface area contributed by atoms with E-state index in [-0.39, 0.29) is 0 Å². The predicted molar refractivity (Wildman–Crippen MR) is 84.8 cm³/mol. The van der Waals surface area contributed by atoms with Crippen molar-refractivity contribution in [3.05, 3.63) is 29.6 Å². The van der Waals surface area contributed by atoms with Gasteiger partial charge in [-0.3, -0.25) is 9.88 Å². The second kappa shape index (κ2) is 7.75. The van der Waals surface area contributed by atoms with Crippen LogP contribution in [0.2, 0.25) is 0 Å². The SMILES string of the molecule is CCCN1CCCCC(CNC)C1c1ccc(C)cn1. The van der Waals surface area contributed by atoms with Gasteiger partial charge in [-0.2, -0.15) is 0 Å². The minimum absolute atomic E-state index is 0.477. The van der Waals surface area contributed by atoms with E-state index in [1.165, 1.54) is 50.0 Å². The maximum absolute atomic E-state index is 4.74. The number of rotatable bonds is 5. The molecule has 1 aromatic heterocycles. The van der Waals surface area contributed by atoms with E-state index in [4.69, 9.17) is 4.98 Å². The lowest BCUT2D eigenvalue weighted by Crippen LogP contribution is -2.37. The minimum Gasteiger partial charge on any atom is -0.319 e. The van der Waals surface area contributed by atoms with Crippen LogP contribution < -0.4 is 5.32 Å². The van der Waals surface area contributed by atoms with E-state index in [1.54, 1.807) is 0 Å². The Labute approximate surface area is 123 Å². The van der Waals surface area contributed by atoms with Gasteiger partial charge < -0.3 is 5.32 Å². The molecule has 2 atom stereocenters. The molecule has 1 aliphatic rings. The van der Waals surface area contributed by atoms with Gasteiger partial charge in [0.05, 0.1) is 11.7 Å². The average Bonchev–Trinajstić information content (AvgIpc) is 2.64. The molecule has 3 heteroatoms. The molecule has 1 N–H and O–H groups in total. The zero-order chi connectivity index (χ0) is 14.4. The average molecular weight is 275 g/mol. The van der Waals surface area contributed by atoms with Crippen LogP contribution in [0.5, 0.6) is 0 Å². The monoisotopic (exact) mass is 275 g/mol. The molecule has 2 rings (SSSR count). The van der Waals surface area contributed by atoms with E-state index in [9.17, 15) is 0 Å². The van der Waals surface area contributed by atoms with Crippen LogP contribution in [0.1, 0.15) is 49.9 Å². The Morgan fingerprint density at radius 2 is 2.20 bits per heavy atom. The molecule has 0 bridgehead atoms. The summed E-state index contributed by atoms with van der Waals surface area (Å²) >= 11 is 0. The first kappa shape index (κ1) is 15.5. The number of nitrogens with zero attached hydrogens (tertiary/aromatic N) is 2. The Morgan fingerprint density at radius 1 is 1.35 bits per heavy atom. The van der Waals surface area contributed by atoms with Crippen molar-refractivity contribution < 1.29 is 0 Å². The van der Waals surface area contributed by atoms with Crippen molar-refractivity contribution in [1.82, 2.24) is 15.2 Å². The highest BCUT2D eigenvalue weighted by molar-refractivity contribution is 5.16. The first-order valence-corrected chi connectivity index (χ1v) is 8.07. The van der Waals surface area contributed by atoms with E-state index >= 15 is 0 Å². The number of nitrogens with one attached hydrogen (secondary N) is 1. The van der Waals surface area contributed by atoms with Crippen LogP contribution in [0, 0.1) is 12.8 Å². The van der Waals surface area contributed by atoms with Crippen LogP contribution in [0.25, 0.3) is 0 Å². The maximum atomic E-state index is 4.74. The molecule has 0 spiro atoms. The largest absolute Gasteiger partial charge is 0.319 e. The molecule has 0 aromatic carbocycles. The van der Waals surface area contributed by atoms with Crippen LogP contribution in [-0.2, 0) is 0 Å². The van der Waals surface area contributed by atoms with Gasteiger partial charge in [-0.25, -0.2) is 0 Å². The molecule has 2 unspecified atom stereocenters. The highest BCUT2D eigenvalue weighted by atomic mass is 15.2. The third kappa shape index (κ3) is 3.80. The van der Waals surface area contributed by atoms with Gasteiger partial charge >= 0.3 is 0 Å². The molecule has 1 saturated heterocycles. The summed E-state index contributed by atoms with van der Waals surface area (Å²) in [5, 5.41) is 3.38. The van der Waals surface area contributed by atoms with E-state index in [0.29, 0.717) is 12.0 Å². The zero-order valence-electron chi connectivity index (χ0n) is 13.2. The van der Waals surface area contributed by atoms with E-state index in [0.717, 1.165) is 6.54 Å². The topological polar surface area (TPSA) is 28.2 Å². The molecule has 0 saturated carbocycles. The van der Waals surface area contributed by atoms with Crippen molar-refractivity contribution in [1.29, 1.82) is 0 Å². The Kier molecular flexibility index (Phi) is 5.99. The quantitative estimate of drug-likeness (QED) is 0.894. The molecule has 1 aromatic rings. The molecule has 2 heterocycles. The summed E-state index contributed by atoms with van der Waals surface area (Å²) in [6.07, 6.45) is 7.20. The van der Waals surface area contributed by atoms with E-state index in [1.807, 2.05) is 6.20 Å². The van der Waals surface area contributed by atoms with Gasteiger partial charge in [0.1, 0.15) is 0 Å². The summed E-state index contributed by atoms with van der Waals surface area (Å²) in [6.45, 7) is 7.87. The molecule has 0 radical (unpaired) electrons. The van der Waals surface area contributed by atoms with Crippen molar-refractivity contribution in [3.63, 3.8) is 0 Å². The number of aryl methyl sites for hydroxylation is 1. The molecule has 3 nitrogen and oxygen atoms in total. The van der Waals surface area contributed by atoms with Crippen LogP contribution in [0.15, 0.2) is 18.3 Å². The van der Waals surface area contributed by atoms with E-state index in [2.05, 4.69) is 43.2 Å². The summed E-state index contributed by atoms with van der Waals surface area (Å²) in [6, 6.07) is 4.91. The number of hydrogen-bond acceptors (Lipinski definition) is 3. The van der Waals surface area contributed by atoms with E-state index < -0.39 is 0 Å². The Morgan fingerprint density at radius 3 is 2.85 bits per heavy atom. The summed E-state index contributed by atoms with van der Waals surface area (Å²) in [4.78, 5) is 7.40. The molecule has 0 aliphatic carbocycles. The van der Waals surface area contributed by atoms with Gasteiger partial charge in [0.15, 0.2) is 0 Å². The number of likely N-dealkylation sites (tertiary alicyclic amines) is 1. The van der Waals surface area contributed by atoms with Crippen molar-refractivity contribution >= 4 is 0 Å². The lowest BCUT2D eigenvalue weighted by molar-refractivity contribution is 0.151. The summed E-state index contributed by atoms with van der Waals surface area (Å²) in [5.74, 6) is 0.671. The van der Waals surface area contributed by atoms with Crippen molar-refractivity contribution in [2.75, 3.05) is 26.7 Å². The first-order chi connectivity index (χ1) is 9.76. The molecule has 0 amide bonds. The normalized spacial score (nSPS) is 24.6. The van der Waals surface area contributed by atoms with Crippen LogP contribution in [0.4, 0.5) is 0 Å². The predicted octanol–water partition coefficient (Wildman–Crippen LogP) is 3.16. The van der Waals surface area contributed by atoms with Gasteiger partial charge in [-0.1, -0.05) is 19.4 Å². The van der Waals surface area contributed by atoms with Crippen LogP contribution in [-0.4, -0.2) is 36.6 Å². The zero-order valence-corrected chi connectivity index (χ0v) is 13.2. The van der Waals surface area contributed by atoms with Gasteiger partial charge in [0.2, 0.25) is 0 Å². The molecular weight excluding hydrogens is 246 g/mol. The third-order valence-electron chi connectivity index (χ3n) is 4.32. The lowest BCUT2D eigenvalue weighted by Gasteiger charge is -2.34. The number of pyridine rings is 1. The fourth-order valence-electron chi connectivity index (χ4n) is 3.41. The third-order valence-corrected chi connectivity index (χ3v) is 4.32. The van der Waals surface area contributed by atoms with Gasteiger partial charge in [0, 0.05) is 6.20 Å². The second-order valence-corrected chi connectivity index (χ2v) is 6.05. The minimum atomic E-state index is 0.477. The molecule has 112 valence electrons. The smallest absolute Gasteiger partial charge is 0.0578 e. The number of hydrogen-bond donors (Lipinski definition) is 1. The summed E-state index contributed by atoms with van der Waals surface area (Å²) < 4.78 is 0. The van der Waals surface area contributed by atoms with Crippen molar-refractivity contribution in [3.8, 4) is 0 Å². The van der Waals surface area contributed by atoms with Gasteiger partial charge in [0.25, 0.3) is 0 Å². The van der Waals surface area contributed by atoms with Crippen LogP contribution >= 0.6 is 0 Å². The molecular formula is C17H29N3. The lowest BCUT2D eigenvalue weighted by atomic mass is 9.91. The summed E-state index contributed by atoms with van der Waals surface area (Å²) in [5.41, 5.74) is 2.50. The maximum Gasteiger partial charge on any atom is 0.0578 e. The van der Waals surface area contributed by atoms with Gasteiger partial charge in [-0.05, 0) is 70.4 Å². The standard InChI is InChI=1S/C17H29N3/c1-4-10-20-11-6-5-7-15(13-18-3)17(20)16-9-8-14(2)12-19-16/h8-9,12,15,17-18H,4-7,10-11,13H2,1-3H3. The number of aromatic nitrogens is 1. The van der Waals surface area contributed by atoms with Crippen molar-refractivity contribution in [2.45, 2.75) is 45.6 Å². The Bertz CT molecular complexity index is 372. The Hall–Kier alpha value is -0.930. The summed E-state index contributed by atoms with van der Waals surface area (Å²) in [7, 11) is 2.06. The fourth-order valence-corrected chi connectivity index (χ4v) is 3.41. The van der Waals surface area contributed by atoms with Gasteiger partial charge in [-0.15, -0.1) is 0 Å². The highest BCUT2D eigenvalue weighted by Crippen LogP contribution is 2.34. The Balaban J connectivity index is 2.28. The van der Waals surface area contributed by atoms with Crippen LogP contribution in [0.3, 0.4) is 0 Å². The van der Waals surface area contributed by atoms with Crippen molar-refractivity contribution in [2.24, 2.45) is 5.92 Å². The first-order valence-electron chi connectivity index (χ1n) is 8.07.